The van der Waals surface area contributed by atoms with Crippen molar-refractivity contribution in [2.24, 2.45) is 0 Å². The lowest BCUT2D eigenvalue weighted by Gasteiger charge is -2.35. The van der Waals surface area contributed by atoms with Crippen molar-refractivity contribution >= 4 is 29.0 Å². The highest BCUT2D eigenvalue weighted by Crippen LogP contribution is 2.33. The summed E-state index contributed by atoms with van der Waals surface area (Å²) in [7, 11) is 0. The highest BCUT2D eigenvalue weighted by molar-refractivity contribution is 6.33. The molecule has 144 valence electrons. The lowest BCUT2D eigenvalue weighted by molar-refractivity contribution is -0.137. The molecule has 1 aliphatic rings. The Morgan fingerprint density at radius 1 is 1.15 bits per heavy atom. The van der Waals surface area contributed by atoms with Crippen LogP contribution in [0.5, 0.6) is 0 Å². The van der Waals surface area contributed by atoms with Gasteiger partial charge in [0.25, 0.3) is 0 Å². The zero-order valence-corrected chi connectivity index (χ0v) is 15.1. The highest BCUT2D eigenvalue weighted by atomic mass is 35.5. The second kappa shape index (κ2) is 8.14. The number of carbonyl (C=O) groups excluding carboxylic acids is 1. The molecular formula is C18H18ClF3N4O. The summed E-state index contributed by atoms with van der Waals surface area (Å²) in [5.74, 6) is 0.221. The molecule has 27 heavy (non-hydrogen) atoms. The molecule has 1 aliphatic heterocycles. The molecule has 0 bridgehead atoms. The number of nitrogens with zero attached hydrogens (tertiary/aromatic N) is 3. The molecule has 2 heterocycles. The van der Waals surface area contributed by atoms with Crippen LogP contribution < -0.4 is 10.2 Å². The number of para-hydroxylation sites is 1. The number of aromatic nitrogens is 1. The Labute approximate surface area is 159 Å². The molecule has 0 unspecified atom stereocenters. The zero-order chi connectivity index (χ0) is 19.4. The van der Waals surface area contributed by atoms with E-state index in [1.54, 1.807) is 0 Å². The van der Waals surface area contributed by atoms with E-state index >= 15 is 0 Å². The summed E-state index contributed by atoms with van der Waals surface area (Å²) in [6.07, 6.45) is -3.68. The van der Waals surface area contributed by atoms with E-state index in [2.05, 4.69) is 10.3 Å². The molecule has 3 rings (SSSR count). The van der Waals surface area contributed by atoms with Gasteiger partial charge in [-0.05, 0) is 18.2 Å². The number of alkyl halides is 3. The normalized spacial score (nSPS) is 15.6. The fourth-order valence-corrected chi connectivity index (χ4v) is 3.15. The molecule has 0 atom stereocenters. The highest BCUT2D eigenvalue weighted by Gasteiger charge is 2.32. The average molecular weight is 399 g/mol. The Bertz CT molecular complexity index is 793. The summed E-state index contributed by atoms with van der Waals surface area (Å²) < 4.78 is 38.1. The van der Waals surface area contributed by atoms with Crippen LogP contribution >= 0.6 is 11.6 Å². The number of rotatable bonds is 4. The van der Waals surface area contributed by atoms with Gasteiger partial charge in [-0.3, -0.25) is 9.69 Å². The first-order chi connectivity index (χ1) is 12.8. The minimum Gasteiger partial charge on any atom is -0.353 e. The van der Waals surface area contributed by atoms with Gasteiger partial charge < -0.3 is 10.2 Å². The van der Waals surface area contributed by atoms with Gasteiger partial charge in [-0.15, -0.1) is 0 Å². The fraction of sp³-hybridized carbons (Fsp3) is 0.333. The summed E-state index contributed by atoms with van der Waals surface area (Å²) >= 11 is 6.00. The maximum absolute atomic E-state index is 12.7. The third kappa shape index (κ3) is 5.11. The quantitative estimate of drug-likeness (QED) is 0.856. The van der Waals surface area contributed by atoms with E-state index in [1.165, 1.54) is 0 Å². The predicted octanol–water partition coefficient (Wildman–Crippen LogP) is 3.51. The SMILES string of the molecule is O=C(CN1CCN(c2ncc(C(F)(F)F)cc2Cl)CC1)Nc1ccccc1. The fourth-order valence-electron chi connectivity index (χ4n) is 2.86. The molecule has 5 nitrogen and oxygen atoms in total. The third-order valence-electron chi connectivity index (χ3n) is 4.25. The standard InChI is InChI=1S/C18H18ClF3N4O/c19-15-10-13(18(20,21)22)11-23-17(15)26-8-6-25(7-9-26)12-16(27)24-14-4-2-1-3-5-14/h1-5,10-11H,6-9,12H2,(H,24,27). The summed E-state index contributed by atoms with van der Waals surface area (Å²) in [6, 6.07) is 10.1. The molecule has 1 amide bonds. The molecule has 0 saturated carbocycles. The van der Waals surface area contributed by atoms with Crippen molar-refractivity contribution in [1.29, 1.82) is 0 Å². The number of anilines is 2. The minimum atomic E-state index is -4.47. The number of hydrogen-bond acceptors (Lipinski definition) is 4. The number of amides is 1. The van der Waals surface area contributed by atoms with Crippen molar-refractivity contribution in [1.82, 2.24) is 9.88 Å². The van der Waals surface area contributed by atoms with Gasteiger partial charge in [-0.25, -0.2) is 4.98 Å². The summed E-state index contributed by atoms with van der Waals surface area (Å²) in [6.45, 7) is 2.47. The molecule has 1 aromatic heterocycles. The van der Waals surface area contributed by atoms with Crippen LogP contribution in [-0.2, 0) is 11.0 Å². The van der Waals surface area contributed by atoms with Gasteiger partial charge in [0.1, 0.15) is 5.82 Å². The molecular weight excluding hydrogens is 381 g/mol. The van der Waals surface area contributed by atoms with Gasteiger partial charge in [0.2, 0.25) is 5.91 Å². The van der Waals surface area contributed by atoms with Crippen molar-refractivity contribution in [3.63, 3.8) is 0 Å². The van der Waals surface area contributed by atoms with Crippen molar-refractivity contribution in [3.8, 4) is 0 Å². The number of pyridine rings is 1. The molecule has 1 saturated heterocycles. The van der Waals surface area contributed by atoms with E-state index in [9.17, 15) is 18.0 Å². The smallest absolute Gasteiger partial charge is 0.353 e. The van der Waals surface area contributed by atoms with Gasteiger partial charge in [-0.1, -0.05) is 29.8 Å². The second-order valence-corrected chi connectivity index (χ2v) is 6.61. The van der Waals surface area contributed by atoms with E-state index in [-0.39, 0.29) is 17.5 Å². The maximum atomic E-state index is 12.7. The molecule has 1 fully saturated rings. The maximum Gasteiger partial charge on any atom is 0.417 e. The number of carbonyl (C=O) groups is 1. The van der Waals surface area contributed by atoms with Crippen LogP contribution in [0, 0.1) is 0 Å². The van der Waals surface area contributed by atoms with E-state index < -0.39 is 11.7 Å². The van der Waals surface area contributed by atoms with Crippen LogP contribution in [0.1, 0.15) is 5.56 Å². The first kappa shape index (κ1) is 19.4. The Kier molecular flexibility index (Phi) is 5.86. The van der Waals surface area contributed by atoms with Gasteiger partial charge in [0.05, 0.1) is 17.1 Å². The lowest BCUT2D eigenvalue weighted by Crippen LogP contribution is -2.49. The Hall–Kier alpha value is -2.32. The molecule has 1 aromatic carbocycles. The average Bonchev–Trinajstić information content (AvgIpc) is 2.62. The first-order valence-electron chi connectivity index (χ1n) is 8.38. The van der Waals surface area contributed by atoms with Crippen molar-refractivity contribution in [2.75, 3.05) is 42.9 Å². The number of halogens is 4. The van der Waals surface area contributed by atoms with E-state index in [1.807, 2.05) is 40.1 Å². The number of piperazine rings is 1. The number of benzene rings is 1. The molecule has 2 aromatic rings. The van der Waals surface area contributed by atoms with Crippen LogP contribution in [0.15, 0.2) is 42.6 Å². The van der Waals surface area contributed by atoms with Gasteiger partial charge >= 0.3 is 6.18 Å². The van der Waals surface area contributed by atoms with Crippen LogP contribution in [-0.4, -0.2) is 48.5 Å². The Morgan fingerprint density at radius 2 is 1.81 bits per heavy atom. The van der Waals surface area contributed by atoms with Crippen LogP contribution in [0.3, 0.4) is 0 Å². The van der Waals surface area contributed by atoms with Gasteiger partial charge in [0, 0.05) is 38.1 Å². The van der Waals surface area contributed by atoms with Crippen LogP contribution in [0.4, 0.5) is 24.7 Å². The van der Waals surface area contributed by atoms with E-state index in [4.69, 9.17) is 11.6 Å². The van der Waals surface area contributed by atoms with Crippen molar-refractivity contribution < 1.29 is 18.0 Å². The van der Waals surface area contributed by atoms with E-state index in [0.717, 1.165) is 18.0 Å². The summed E-state index contributed by atoms with van der Waals surface area (Å²) in [5, 5.41) is 2.80. The van der Waals surface area contributed by atoms with Gasteiger partial charge in [-0.2, -0.15) is 13.2 Å². The van der Waals surface area contributed by atoms with Crippen molar-refractivity contribution in [2.45, 2.75) is 6.18 Å². The topological polar surface area (TPSA) is 48.5 Å². The minimum absolute atomic E-state index is 0.0277. The van der Waals surface area contributed by atoms with Crippen LogP contribution in [0.2, 0.25) is 5.02 Å². The molecule has 0 spiro atoms. The third-order valence-corrected chi connectivity index (χ3v) is 4.52. The first-order valence-corrected chi connectivity index (χ1v) is 8.75. The predicted molar refractivity (Wildman–Crippen MR) is 98.0 cm³/mol. The number of hydrogen-bond donors (Lipinski definition) is 1. The molecule has 0 aliphatic carbocycles. The second-order valence-electron chi connectivity index (χ2n) is 6.20. The zero-order valence-electron chi connectivity index (χ0n) is 14.3. The lowest BCUT2D eigenvalue weighted by atomic mass is 10.2. The Morgan fingerprint density at radius 3 is 2.41 bits per heavy atom. The molecule has 0 radical (unpaired) electrons. The summed E-state index contributed by atoms with van der Waals surface area (Å²) in [5.41, 5.74) is -0.130. The molecule has 9 heteroatoms. The van der Waals surface area contributed by atoms with Crippen molar-refractivity contribution in [3.05, 3.63) is 53.2 Å². The van der Waals surface area contributed by atoms with Gasteiger partial charge in [0.15, 0.2) is 0 Å². The van der Waals surface area contributed by atoms with E-state index in [0.29, 0.717) is 32.0 Å². The van der Waals surface area contributed by atoms with Crippen LogP contribution in [0.25, 0.3) is 0 Å². The number of nitrogens with one attached hydrogen (secondary N) is 1. The largest absolute Gasteiger partial charge is 0.417 e. The Balaban J connectivity index is 1.54. The monoisotopic (exact) mass is 398 g/mol. The molecule has 1 N–H and O–H groups in total. The summed E-state index contributed by atoms with van der Waals surface area (Å²) in [4.78, 5) is 19.8.